The second-order valence-corrected chi connectivity index (χ2v) is 6.55. The third-order valence-corrected chi connectivity index (χ3v) is 4.13. The molecule has 0 heterocycles. The minimum absolute atomic E-state index is 0.0326. The summed E-state index contributed by atoms with van der Waals surface area (Å²) in [6.07, 6.45) is 1.86. The van der Waals surface area contributed by atoms with Crippen molar-refractivity contribution in [2.75, 3.05) is 18.4 Å². The van der Waals surface area contributed by atoms with Crippen molar-refractivity contribution in [3.8, 4) is 0 Å². The highest BCUT2D eigenvalue weighted by Crippen LogP contribution is 2.12. The molecular weight excluding hydrogens is 358 g/mol. The molecule has 0 bridgehead atoms. The number of carbonyl (C=O) groups excluding carboxylic acids is 2. The molecule has 0 fully saturated rings. The van der Waals surface area contributed by atoms with Crippen molar-refractivity contribution in [3.63, 3.8) is 0 Å². The lowest BCUT2D eigenvalue weighted by atomic mass is 10.1. The quantitative estimate of drug-likeness (QED) is 0.708. The fraction of sp³-hybridized carbons (Fsp3) is 0.286. The van der Waals surface area contributed by atoms with Gasteiger partial charge in [0.1, 0.15) is 0 Å². The molecule has 2 N–H and O–H groups in total. The van der Waals surface area contributed by atoms with E-state index in [0.29, 0.717) is 16.8 Å². The lowest BCUT2D eigenvalue weighted by molar-refractivity contribution is 0.0755. The molecule has 0 atom stereocenters. The van der Waals surface area contributed by atoms with Gasteiger partial charge < -0.3 is 10.2 Å². The Morgan fingerprint density at radius 2 is 1.48 bits per heavy atom. The third-order valence-electron chi connectivity index (χ3n) is 3.93. The lowest BCUT2D eigenvalue weighted by Gasteiger charge is -2.21. The number of hydrogen-bond acceptors (Lipinski definition) is 3. The van der Waals surface area contributed by atoms with Gasteiger partial charge in [-0.2, -0.15) is 0 Å². The van der Waals surface area contributed by atoms with E-state index in [1.165, 1.54) is 0 Å². The van der Waals surface area contributed by atoms with E-state index < -0.39 is 0 Å². The smallest absolute Gasteiger partial charge is 0.257 e. The SMILES string of the molecule is CCCN(CCC)C(=O)c1ccc(NC(=S)NC(=O)c2ccccc2)cc1. The highest BCUT2D eigenvalue weighted by Gasteiger charge is 2.14. The Labute approximate surface area is 165 Å². The highest BCUT2D eigenvalue weighted by atomic mass is 32.1. The summed E-state index contributed by atoms with van der Waals surface area (Å²) in [7, 11) is 0. The molecule has 2 aromatic rings. The summed E-state index contributed by atoms with van der Waals surface area (Å²) < 4.78 is 0. The summed E-state index contributed by atoms with van der Waals surface area (Å²) in [6.45, 7) is 5.63. The number of thiocarbonyl (C=S) groups is 1. The van der Waals surface area contributed by atoms with E-state index in [4.69, 9.17) is 12.2 Å². The number of hydrogen-bond donors (Lipinski definition) is 2. The zero-order chi connectivity index (χ0) is 19.6. The Bertz CT molecular complexity index is 770. The van der Waals surface area contributed by atoms with Crippen LogP contribution in [0.3, 0.4) is 0 Å². The maximum atomic E-state index is 12.6. The molecule has 6 heteroatoms. The predicted molar refractivity (Wildman–Crippen MR) is 113 cm³/mol. The van der Waals surface area contributed by atoms with Crippen LogP contribution in [0.1, 0.15) is 47.4 Å². The van der Waals surface area contributed by atoms with Gasteiger partial charge in [0, 0.05) is 29.9 Å². The normalized spacial score (nSPS) is 10.1. The summed E-state index contributed by atoms with van der Waals surface area (Å²) in [6, 6.07) is 16.0. The maximum Gasteiger partial charge on any atom is 0.257 e. The van der Waals surface area contributed by atoms with E-state index in [0.717, 1.165) is 25.9 Å². The number of carbonyl (C=O) groups is 2. The molecule has 0 saturated carbocycles. The van der Waals surface area contributed by atoms with Gasteiger partial charge in [-0.15, -0.1) is 0 Å². The molecule has 0 aliphatic heterocycles. The number of anilines is 1. The summed E-state index contributed by atoms with van der Waals surface area (Å²) >= 11 is 5.19. The number of benzene rings is 2. The molecule has 27 heavy (non-hydrogen) atoms. The van der Waals surface area contributed by atoms with Crippen LogP contribution in [0.2, 0.25) is 0 Å². The molecule has 2 amide bonds. The molecule has 2 rings (SSSR count). The second kappa shape index (κ2) is 10.4. The van der Waals surface area contributed by atoms with Gasteiger partial charge in [0.2, 0.25) is 0 Å². The molecule has 0 aromatic heterocycles. The molecule has 0 spiro atoms. The van der Waals surface area contributed by atoms with Gasteiger partial charge in [0.15, 0.2) is 5.11 Å². The third kappa shape index (κ3) is 6.18. The average Bonchev–Trinajstić information content (AvgIpc) is 2.68. The monoisotopic (exact) mass is 383 g/mol. The summed E-state index contributed by atoms with van der Waals surface area (Å²) in [5, 5.41) is 5.81. The summed E-state index contributed by atoms with van der Waals surface area (Å²) in [4.78, 5) is 26.5. The van der Waals surface area contributed by atoms with E-state index in [1.807, 2.05) is 11.0 Å². The fourth-order valence-corrected chi connectivity index (χ4v) is 2.87. The van der Waals surface area contributed by atoms with E-state index >= 15 is 0 Å². The minimum Gasteiger partial charge on any atom is -0.339 e. The van der Waals surface area contributed by atoms with Gasteiger partial charge in [-0.3, -0.25) is 14.9 Å². The molecule has 5 nitrogen and oxygen atoms in total. The Hall–Kier alpha value is -2.73. The molecule has 0 radical (unpaired) electrons. The first kappa shape index (κ1) is 20.6. The minimum atomic E-state index is -0.269. The predicted octanol–water partition coefficient (Wildman–Crippen LogP) is 4.08. The molecular formula is C21H25N3O2S. The van der Waals surface area contributed by atoms with Crippen molar-refractivity contribution in [1.82, 2.24) is 10.2 Å². The molecule has 0 saturated heterocycles. The Morgan fingerprint density at radius 3 is 2.04 bits per heavy atom. The van der Waals surface area contributed by atoms with Gasteiger partial charge in [-0.25, -0.2) is 0 Å². The van der Waals surface area contributed by atoms with Gasteiger partial charge >= 0.3 is 0 Å². The van der Waals surface area contributed by atoms with Crippen LogP contribution in [-0.2, 0) is 0 Å². The first-order valence-electron chi connectivity index (χ1n) is 9.11. The van der Waals surface area contributed by atoms with Crippen LogP contribution in [0.4, 0.5) is 5.69 Å². The number of rotatable bonds is 7. The number of nitrogens with zero attached hydrogens (tertiary/aromatic N) is 1. The lowest BCUT2D eigenvalue weighted by Crippen LogP contribution is -2.34. The van der Waals surface area contributed by atoms with Crippen LogP contribution in [-0.4, -0.2) is 34.9 Å². The maximum absolute atomic E-state index is 12.6. The zero-order valence-electron chi connectivity index (χ0n) is 15.7. The van der Waals surface area contributed by atoms with Crippen molar-refractivity contribution in [1.29, 1.82) is 0 Å². The molecule has 0 aliphatic carbocycles. The fourth-order valence-electron chi connectivity index (χ4n) is 2.66. The van der Waals surface area contributed by atoms with Crippen molar-refractivity contribution in [2.45, 2.75) is 26.7 Å². The van der Waals surface area contributed by atoms with Crippen molar-refractivity contribution in [2.24, 2.45) is 0 Å². The van der Waals surface area contributed by atoms with Gasteiger partial charge in [0.05, 0.1) is 0 Å². The van der Waals surface area contributed by atoms with Crippen molar-refractivity contribution in [3.05, 3.63) is 65.7 Å². The standard InChI is InChI=1S/C21H25N3O2S/c1-3-14-24(15-4-2)20(26)17-10-12-18(13-11-17)22-21(27)23-19(25)16-8-6-5-7-9-16/h5-13H,3-4,14-15H2,1-2H3,(H2,22,23,25,27). The van der Waals surface area contributed by atoms with E-state index in [-0.39, 0.29) is 16.9 Å². The van der Waals surface area contributed by atoms with Crippen LogP contribution in [0, 0.1) is 0 Å². The topological polar surface area (TPSA) is 61.4 Å². The summed E-state index contributed by atoms with van der Waals surface area (Å²) in [5.41, 5.74) is 1.89. The van der Waals surface area contributed by atoms with Gasteiger partial charge in [-0.05, 0) is 61.5 Å². The number of amides is 2. The first-order chi connectivity index (χ1) is 13.0. The van der Waals surface area contributed by atoms with E-state index in [2.05, 4.69) is 24.5 Å². The van der Waals surface area contributed by atoms with Crippen molar-refractivity contribution >= 4 is 34.8 Å². The second-order valence-electron chi connectivity index (χ2n) is 6.14. The van der Waals surface area contributed by atoms with E-state index in [9.17, 15) is 9.59 Å². The van der Waals surface area contributed by atoms with Crippen LogP contribution in [0.15, 0.2) is 54.6 Å². The Balaban J connectivity index is 1.95. The zero-order valence-corrected chi connectivity index (χ0v) is 16.5. The Kier molecular flexibility index (Phi) is 7.95. The molecule has 0 aliphatic rings. The Morgan fingerprint density at radius 1 is 0.889 bits per heavy atom. The van der Waals surface area contributed by atoms with Gasteiger partial charge in [-0.1, -0.05) is 32.0 Å². The van der Waals surface area contributed by atoms with Crippen LogP contribution in [0.25, 0.3) is 0 Å². The van der Waals surface area contributed by atoms with Crippen LogP contribution in [0.5, 0.6) is 0 Å². The van der Waals surface area contributed by atoms with Crippen molar-refractivity contribution < 1.29 is 9.59 Å². The molecule has 0 unspecified atom stereocenters. The van der Waals surface area contributed by atoms with E-state index in [1.54, 1.807) is 48.5 Å². The number of nitrogens with one attached hydrogen (secondary N) is 2. The molecule has 2 aromatic carbocycles. The highest BCUT2D eigenvalue weighted by molar-refractivity contribution is 7.80. The summed E-state index contributed by atoms with van der Waals surface area (Å²) in [5.74, 6) is -0.236. The van der Waals surface area contributed by atoms with Crippen LogP contribution >= 0.6 is 12.2 Å². The molecule has 142 valence electrons. The van der Waals surface area contributed by atoms with Crippen LogP contribution < -0.4 is 10.6 Å². The average molecular weight is 384 g/mol. The van der Waals surface area contributed by atoms with Gasteiger partial charge in [0.25, 0.3) is 11.8 Å². The first-order valence-corrected chi connectivity index (χ1v) is 9.52. The largest absolute Gasteiger partial charge is 0.339 e.